The zero-order chi connectivity index (χ0) is 13.5. The zero-order valence-corrected chi connectivity index (χ0v) is 12.4. The van der Waals surface area contributed by atoms with Crippen molar-refractivity contribution < 1.29 is 4.74 Å². The van der Waals surface area contributed by atoms with Gasteiger partial charge in [0.2, 0.25) is 0 Å². The van der Waals surface area contributed by atoms with Crippen molar-refractivity contribution in [3.8, 4) is 5.75 Å². The molecular formula is C14H27N3O. The smallest absolute Gasteiger partial charge is 0.161 e. The molecule has 104 valence electrons. The summed E-state index contributed by atoms with van der Waals surface area (Å²) in [7, 11) is 1.72. The summed E-state index contributed by atoms with van der Waals surface area (Å²) in [4.78, 5) is 0. The van der Waals surface area contributed by atoms with Gasteiger partial charge in [-0.15, -0.1) is 0 Å². The van der Waals surface area contributed by atoms with Crippen molar-refractivity contribution >= 4 is 0 Å². The lowest BCUT2D eigenvalue weighted by molar-refractivity contribution is 0.359. The fraction of sp³-hybridized carbons (Fsp3) is 0.786. The largest absolute Gasteiger partial charge is 0.493 e. The van der Waals surface area contributed by atoms with E-state index in [0.717, 1.165) is 25.3 Å². The summed E-state index contributed by atoms with van der Waals surface area (Å²) < 4.78 is 7.48. The minimum atomic E-state index is 0.322. The van der Waals surface area contributed by atoms with Gasteiger partial charge in [0.15, 0.2) is 5.75 Å². The molecule has 4 heteroatoms. The monoisotopic (exact) mass is 253 g/mol. The molecule has 1 aromatic heterocycles. The second kappa shape index (κ2) is 7.41. The molecule has 0 bridgehead atoms. The molecule has 0 aromatic carbocycles. The molecule has 1 heterocycles. The Balaban J connectivity index is 2.99. The Morgan fingerprint density at radius 2 is 2.11 bits per heavy atom. The van der Waals surface area contributed by atoms with Crippen LogP contribution in [0.2, 0.25) is 0 Å². The molecule has 1 N–H and O–H groups in total. The summed E-state index contributed by atoms with van der Waals surface area (Å²) in [6.07, 6.45) is 4.14. The maximum Gasteiger partial charge on any atom is 0.161 e. The standard InChI is InChI=1S/C14H27N3O/c1-6-11(4)9-12(15-7-2)14-13(18-5)10-16-17(14)8-3/h10-12,15H,6-9H2,1-5H3. The van der Waals surface area contributed by atoms with Crippen molar-refractivity contribution in [3.05, 3.63) is 11.9 Å². The number of ether oxygens (including phenoxy) is 1. The molecule has 4 nitrogen and oxygen atoms in total. The highest BCUT2D eigenvalue weighted by Crippen LogP contribution is 2.30. The molecule has 0 radical (unpaired) electrons. The van der Waals surface area contributed by atoms with Gasteiger partial charge in [-0.25, -0.2) is 0 Å². The Morgan fingerprint density at radius 1 is 1.39 bits per heavy atom. The van der Waals surface area contributed by atoms with E-state index in [4.69, 9.17) is 4.74 Å². The summed E-state index contributed by atoms with van der Waals surface area (Å²) in [6.45, 7) is 10.6. The highest BCUT2D eigenvalue weighted by atomic mass is 16.5. The second-order valence-electron chi connectivity index (χ2n) is 4.77. The number of aryl methyl sites for hydroxylation is 1. The van der Waals surface area contributed by atoms with Gasteiger partial charge < -0.3 is 10.1 Å². The molecule has 0 aliphatic heterocycles. The third-order valence-electron chi connectivity index (χ3n) is 3.48. The number of aromatic nitrogens is 2. The maximum atomic E-state index is 5.45. The van der Waals surface area contributed by atoms with E-state index >= 15 is 0 Å². The SMILES string of the molecule is CCNC(CC(C)CC)c1c(OC)cnn1CC. The number of methoxy groups -OCH3 is 1. The van der Waals surface area contributed by atoms with Crippen LogP contribution < -0.4 is 10.1 Å². The number of rotatable bonds is 8. The van der Waals surface area contributed by atoms with Crippen molar-refractivity contribution in [1.82, 2.24) is 15.1 Å². The Morgan fingerprint density at radius 3 is 2.61 bits per heavy atom. The Bertz CT molecular complexity index is 327. The van der Waals surface area contributed by atoms with E-state index in [0.29, 0.717) is 12.0 Å². The molecule has 0 saturated carbocycles. The maximum absolute atomic E-state index is 5.45. The normalized spacial score (nSPS) is 14.5. The molecule has 0 aliphatic carbocycles. The summed E-state index contributed by atoms with van der Waals surface area (Å²) in [5.74, 6) is 1.59. The molecule has 2 unspecified atom stereocenters. The van der Waals surface area contributed by atoms with Crippen LogP contribution >= 0.6 is 0 Å². The van der Waals surface area contributed by atoms with Crippen LogP contribution in [-0.4, -0.2) is 23.4 Å². The summed E-state index contributed by atoms with van der Waals surface area (Å²) >= 11 is 0. The van der Waals surface area contributed by atoms with E-state index in [9.17, 15) is 0 Å². The second-order valence-corrected chi connectivity index (χ2v) is 4.77. The van der Waals surface area contributed by atoms with E-state index in [1.807, 2.05) is 10.9 Å². The molecule has 1 rings (SSSR count). The van der Waals surface area contributed by atoms with E-state index < -0.39 is 0 Å². The molecule has 0 spiro atoms. The number of hydrogen-bond acceptors (Lipinski definition) is 3. The fourth-order valence-corrected chi connectivity index (χ4v) is 2.25. The van der Waals surface area contributed by atoms with Gasteiger partial charge in [-0.2, -0.15) is 5.10 Å². The van der Waals surface area contributed by atoms with Crippen LogP contribution in [0.3, 0.4) is 0 Å². The van der Waals surface area contributed by atoms with Gasteiger partial charge in [-0.3, -0.25) is 4.68 Å². The molecule has 2 atom stereocenters. The summed E-state index contributed by atoms with van der Waals surface area (Å²) in [5, 5.41) is 7.95. The van der Waals surface area contributed by atoms with Crippen molar-refractivity contribution in [2.45, 2.75) is 53.1 Å². The van der Waals surface area contributed by atoms with E-state index in [2.05, 4.69) is 38.1 Å². The number of hydrogen-bond donors (Lipinski definition) is 1. The fourth-order valence-electron chi connectivity index (χ4n) is 2.25. The third-order valence-corrected chi connectivity index (χ3v) is 3.48. The van der Waals surface area contributed by atoms with Gasteiger partial charge in [0.05, 0.1) is 25.0 Å². The lowest BCUT2D eigenvalue weighted by atomic mass is 9.97. The van der Waals surface area contributed by atoms with Crippen molar-refractivity contribution in [1.29, 1.82) is 0 Å². The highest BCUT2D eigenvalue weighted by molar-refractivity contribution is 5.28. The lowest BCUT2D eigenvalue weighted by Gasteiger charge is -2.23. The topological polar surface area (TPSA) is 39.1 Å². The molecule has 18 heavy (non-hydrogen) atoms. The highest BCUT2D eigenvalue weighted by Gasteiger charge is 2.22. The molecule has 1 aromatic rings. The zero-order valence-electron chi connectivity index (χ0n) is 12.4. The van der Waals surface area contributed by atoms with Gasteiger partial charge in [0.1, 0.15) is 0 Å². The molecule has 0 fully saturated rings. The summed E-state index contributed by atoms with van der Waals surface area (Å²) in [6, 6.07) is 0.322. The Labute approximate surface area is 111 Å². The average Bonchev–Trinajstić information content (AvgIpc) is 2.80. The van der Waals surface area contributed by atoms with Crippen LogP contribution in [0.25, 0.3) is 0 Å². The van der Waals surface area contributed by atoms with Crippen LogP contribution in [0.1, 0.15) is 52.3 Å². The van der Waals surface area contributed by atoms with Crippen molar-refractivity contribution in [2.24, 2.45) is 5.92 Å². The first-order valence-electron chi connectivity index (χ1n) is 7.00. The van der Waals surface area contributed by atoms with Crippen molar-refractivity contribution in [3.63, 3.8) is 0 Å². The first-order chi connectivity index (χ1) is 8.67. The molecule has 0 amide bonds. The minimum Gasteiger partial charge on any atom is -0.493 e. The van der Waals surface area contributed by atoms with Crippen LogP contribution in [0.15, 0.2) is 6.20 Å². The Kier molecular flexibility index (Phi) is 6.19. The first-order valence-corrected chi connectivity index (χ1v) is 7.00. The lowest BCUT2D eigenvalue weighted by Crippen LogP contribution is -2.26. The number of nitrogens with one attached hydrogen (secondary N) is 1. The number of nitrogens with zero attached hydrogens (tertiary/aromatic N) is 2. The van der Waals surface area contributed by atoms with E-state index in [1.165, 1.54) is 12.1 Å². The van der Waals surface area contributed by atoms with Gasteiger partial charge in [-0.05, 0) is 25.8 Å². The predicted molar refractivity (Wildman–Crippen MR) is 74.9 cm³/mol. The minimum absolute atomic E-state index is 0.322. The van der Waals surface area contributed by atoms with Crippen LogP contribution in [0.5, 0.6) is 5.75 Å². The molecule has 0 aliphatic rings. The average molecular weight is 253 g/mol. The van der Waals surface area contributed by atoms with Crippen LogP contribution in [0.4, 0.5) is 0 Å². The third kappa shape index (κ3) is 3.48. The summed E-state index contributed by atoms with van der Waals surface area (Å²) in [5.41, 5.74) is 1.18. The molecular weight excluding hydrogens is 226 g/mol. The van der Waals surface area contributed by atoms with Crippen LogP contribution in [0, 0.1) is 5.92 Å². The quantitative estimate of drug-likeness (QED) is 0.774. The van der Waals surface area contributed by atoms with Gasteiger partial charge >= 0.3 is 0 Å². The predicted octanol–water partition coefficient (Wildman–Crippen LogP) is 3.00. The van der Waals surface area contributed by atoms with Crippen molar-refractivity contribution in [2.75, 3.05) is 13.7 Å². The Hall–Kier alpha value is -1.03. The first kappa shape index (κ1) is 15.0. The molecule has 0 saturated heterocycles. The van der Waals surface area contributed by atoms with Crippen LogP contribution in [-0.2, 0) is 6.54 Å². The van der Waals surface area contributed by atoms with E-state index in [1.54, 1.807) is 7.11 Å². The van der Waals surface area contributed by atoms with Gasteiger partial charge in [0, 0.05) is 6.54 Å². The van der Waals surface area contributed by atoms with E-state index in [-0.39, 0.29) is 0 Å². The van der Waals surface area contributed by atoms with Gasteiger partial charge in [0.25, 0.3) is 0 Å². The van der Waals surface area contributed by atoms with Gasteiger partial charge in [-0.1, -0.05) is 27.2 Å².